The van der Waals surface area contributed by atoms with Crippen molar-refractivity contribution in [2.75, 3.05) is 20.2 Å². The minimum Gasteiger partial charge on any atom is -0.491 e. The summed E-state index contributed by atoms with van der Waals surface area (Å²) in [6.45, 7) is 5.63. The minimum atomic E-state index is -0.328. The summed E-state index contributed by atoms with van der Waals surface area (Å²) in [5.41, 5.74) is 0.841. The molecule has 0 aliphatic carbocycles. The number of fused-ring (bicyclic) bond motifs is 2. The first-order chi connectivity index (χ1) is 13.1. The van der Waals surface area contributed by atoms with Crippen molar-refractivity contribution in [2.24, 2.45) is 4.99 Å². The summed E-state index contributed by atoms with van der Waals surface area (Å²) in [7, 11) is 2.27. The SMILES string of the molecule is CCNC(=NCc1ccc(OCC)c(F)c1)NC1CC2CCCC(C1)N2C.I. The predicted molar refractivity (Wildman–Crippen MR) is 123 cm³/mol. The second-order valence-electron chi connectivity index (χ2n) is 7.61. The van der Waals surface area contributed by atoms with E-state index in [9.17, 15) is 4.39 Å². The highest BCUT2D eigenvalue weighted by molar-refractivity contribution is 14.0. The van der Waals surface area contributed by atoms with Gasteiger partial charge in [-0.3, -0.25) is 0 Å². The number of ether oxygens (including phenoxy) is 1. The third-order valence-electron chi connectivity index (χ3n) is 5.74. The Kier molecular flexibility index (Phi) is 9.27. The van der Waals surface area contributed by atoms with Crippen LogP contribution in [0.15, 0.2) is 23.2 Å². The van der Waals surface area contributed by atoms with Gasteiger partial charge in [0.25, 0.3) is 0 Å². The molecule has 1 aromatic carbocycles. The van der Waals surface area contributed by atoms with Gasteiger partial charge in [-0.05, 0) is 64.3 Å². The molecule has 0 radical (unpaired) electrons. The topological polar surface area (TPSA) is 48.9 Å². The molecule has 2 N–H and O–H groups in total. The van der Waals surface area contributed by atoms with Gasteiger partial charge < -0.3 is 20.3 Å². The number of nitrogens with zero attached hydrogens (tertiary/aromatic N) is 2. The molecule has 2 bridgehead atoms. The molecule has 1 aromatic rings. The summed E-state index contributed by atoms with van der Waals surface area (Å²) in [6.07, 6.45) is 6.27. The van der Waals surface area contributed by atoms with Crippen molar-refractivity contribution in [1.82, 2.24) is 15.5 Å². The molecular weight excluding hydrogens is 470 g/mol. The molecule has 2 fully saturated rings. The number of nitrogens with one attached hydrogen (secondary N) is 2. The monoisotopic (exact) mass is 504 g/mol. The molecule has 2 saturated heterocycles. The summed E-state index contributed by atoms with van der Waals surface area (Å²) >= 11 is 0. The van der Waals surface area contributed by atoms with Crippen molar-refractivity contribution in [3.05, 3.63) is 29.6 Å². The van der Waals surface area contributed by atoms with Crippen LogP contribution in [0.4, 0.5) is 4.39 Å². The van der Waals surface area contributed by atoms with Crippen LogP contribution in [0.25, 0.3) is 0 Å². The summed E-state index contributed by atoms with van der Waals surface area (Å²) in [5.74, 6) is 0.790. The normalized spacial score (nSPS) is 25.0. The van der Waals surface area contributed by atoms with E-state index in [-0.39, 0.29) is 29.8 Å². The highest BCUT2D eigenvalue weighted by Gasteiger charge is 2.36. The fourth-order valence-electron chi connectivity index (χ4n) is 4.33. The van der Waals surface area contributed by atoms with Crippen LogP contribution in [0, 0.1) is 5.82 Å². The fourth-order valence-corrected chi connectivity index (χ4v) is 4.33. The Hall–Kier alpha value is -1.09. The van der Waals surface area contributed by atoms with Gasteiger partial charge in [0.15, 0.2) is 17.5 Å². The quantitative estimate of drug-likeness (QED) is 0.351. The molecule has 7 heteroatoms. The molecule has 0 saturated carbocycles. The van der Waals surface area contributed by atoms with Gasteiger partial charge in [0.05, 0.1) is 13.2 Å². The van der Waals surface area contributed by atoms with Gasteiger partial charge in [0.2, 0.25) is 0 Å². The predicted octanol–water partition coefficient (Wildman–Crippen LogP) is 3.91. The van der Waals surface area contributed by atoms with Crippen LogP contribution in [0.5, 0.6) is 5.75 Å². The van der Waals surface area contributed by atoms with Crippen LogP contribution in [0.3, 0.4) is 0 Å². The number of piperidine rings is 2. The first-order valence-corrected chi connectivity index (χ1v) is 10.3. The van der Waals surface area contributed by atoms with Crippen molar-refractivity contribution in [3.63, 3.8) is 0 Å². The zero-order chi connectivity index (χ0) is 19.2. The Morgan fingerprint density at radius 3 is 2.57 bits per heavy atom. The second-order valence-corrected chi connectivity index (χ2v) is 7.61. The average Bonchev–Trinajstić information content (AvgIpc) is 2.63. The zero-order valence-electron chi connectivity index (χ0n) is 17.2. The van der Waals surface area contributed by atoms with Crippen molar-refractivity contribution >= 4 is 29.9 Å². The largest absolute Gasteiger partial charge is 0.491 e. The van der Waals surface area contributed by atoms with E-state index < -0.39 is 0 Å². The Labute approximate surface area is 185 Å². The molecule has 5 nitrogen and oxygen atoms in total. The van der Waals surface area contributed by atoms with Crippen LogP contribution in [0.2, 0.25) is 0 Å². The highest BCUT2D eigenvalue weighted by atomic mass is 127. The van der Waals surface area contributed by atoms with E-state index in [4.69, 9.17) is 4.74 Å². The maximum Gasteiger partial charge on any atom is 0.191 e. The Morgan fingerprint density at radius 1 is 1.25 bits per heavy atom. The van der Waals surface area contributed by atoms with Crippen molar-refractivity contribution < 1.29 is 9.13 Å². The standard InChI is InChI=1S/C21H33FN4O.HI/c1-4-23-21(24-14-15-9-10-20(27-5-2)19(22)11-15)25-16-12-17-7-6-8-18(13-16)26(17)3;/h9-11,16-18H,4-8,12-14H2,1-3H3,(H2,23,24,25);1H. The average molecular weight is 504 g/mol. The first kappa shape index (κ1) is 23.2. The molecule has 158 valence electrons. The third-order valence-corrected chi connectivity index (χ3v) is 5.74. The van der Waals surface area contributed by atoms with Gasteiger partial charge in [0, 0.05) is 24.7 Å². The van der Waals surface area contributed by atoms with Gasteiger partial charge in [-0.1, -0.05) is 12.5 Å². The summed E-state index contributed by atoms with van der Waals surface area (Å²) in [5, 5.41) is 6.95. The Balaban J connectivity index is 0.00000280. The minimum absolute atomic E-state index is 0. The molecule has 3 rings (SSSR count). The third kappa shape index (κ3) is 5.95. The summed E-state index contributed by atoms with van der Waals surface area (Å²) in [6, 6.07) is 6.88. The Morgan fingerprint density at radius 2 is 1.96 bits per heavy atom. The van der Waals surface area contributed by atoms with Gasteiger partial charge in [-0.25, -0.2) is 9.38 Å². The second kappa shape index (κ2) is 11.2. The fraction of sp³-hybridized carbons (Fsp3) is 0.667. The van der Waals surface area contributed by atoms with E-state index in [2.05, 4.69) is 34.5 Å². The lowest BCUT2D eigenvalue weighted by Crippen LogP contribution is -2.56. The number of rotatable bonds is 6. The van der Waals surface area contributed by atoms with Gasteiger partial charge in [0.1, 0.15) is 0 Å². The lowest BCUT2D eigenvalue weighted by atomic mass is 9.82. The van der Waals surface area contributed by atoms with Gasteiger partial charge in [-0.15, -0.1) is 24.0 Å². The number of aliphatic imine (C=N–C) groups is 1. The summed E-state index contributed by atoms with van der Waals surface area (Å²) < 4.78 is 19.3. The molecule has 2 atom stereocenters. The van der Waals surface area contributed by atoms with Gasteiger partial charge >= 0.3 is 0 Å². The molecule has 2 aliphatic heterocycles. The van der Waals surface area contributed by atoms with E-state index in [1.165, 1.54) is 25.3 Å². The first-order valence-electron chi connectivity index (χ1n) is 10.3. The van der Waals surface area contributed by atoms with Crippen LogP contribution in [-0.4, -0.2) is 49.2 Å². The van der Waals surface area contributed by atoms with E-state index in [1.54, 1.807) is 6.07 Å². The molecule has 2 heterocycles. The van der Waals surface area contributed by atoms with E-state index >= 15 is 0 Å². The van der Waals surface area contributed by atoms with E-state index in [0.29, 0.717) is 37.0 Å². The van der Waals surface area contributed by atoms with E-state index in [1.807, 2.05) is 13.0 Å². The van der Waals surface area contributed by atoms with Crippen LogP contribution >= 0.6 is 24.0 Å². The van der Waals surface area contributed by atoms with Crippen LogP contribution < -0.4 is 15.4 Å². The number of hydrogen-bond donors (Lipinski definition) is 2. The number of hydrogen-bond acceptors (Lipinski definition) is 3. The molecular formula is C21H34FIN4O. The lowest BCUT2D eigenvalue weighted by Gasteiger charge is -2.47. The van der Waals surface area contributed by atoms with Crippen molar-refractivity contribution in [3.8, 4) is 5.75 Å². The molecule has 2 unspecified atom stereocenters. The summed E-state index contributed by atoms with van der Waals surface area (Å²) in [4.78, 5) is 7.24. The maximum absolute atomic E-state index is 14.0. The molecule has 28 heavy (non-hydrogen) atoms. The molecule has 2 aliphatic rings. The van der Waals surface area contributed by atoms with Crippen molar-refractivity contribution in [2.45, 2.75) is 70.6 Å². The number of guanidine groups is 1. The molecule has 0 aromatic heterocycles. The van der Waals surface area contributed by atoms with Gasteiger partial charge in [-0.2, -0.15) is 0 Å². The lowest BCUT2D eigenvalue weighted by molar-refractivity contribution is 0.0526. The molecule has 0 amide bonds. The van der Waals surface area contributed by atoms with Crippen LogP contribution in [-0.2, 0) is 6.54 Å². The van der Waals surface area contributed by atoms with E-state index in [0.717, 1.165) is 30.9 Å². The Bertz CT molecular complexity index is 643. The maximum atomic E-state index is 14.0. The number of benzene rings is 1. The van der Waals surface area contributed by atoms with Crippen LogP contribution in [0.1, 0.15) is 51.5 Å². The highest BCUT2D eigenvalue weighted by Crippen LogP contribution is 2.32. The smallest absolute Gasteiger partial charge is 0.191 e. The zero-order valence-corrected chi connectivity index (χ0v) is 19.5. The number of halogens is 2. The van der Waals surface area contributed by atoms with Crippen molar-refractivity contribution in [1.29, 1.82) is 0 Å². The molecule has 0 spiro atoms.